The molecule has 0 spiro atoms. The molecular formula is C15H17ClFN5O3. The molecule has 0 bridgehead atoms. The average Bonchev–Trinajstić information content (AvgIpc) is 2.63. The Morgan fingerprint density at radius 1 is 1.40 bits per heavy atom. The van der Waals surface area contributed by atoms with Crippen LogP contribution in [-0.4, -0.2) is 21.9 Å². The third kappa shape index (κ3) is 4.77. The van der Waals surface area contributed by atoms with Crippen molar-refractivity contribution in [3.05, 3.63) is 57.4 Å². The van der Waals surface area contributed by atoms with E-state index in [0.717, 1.165) is 18.6 Å². The first kappa shape index (κ1) is 20.1. The van der Waals surface area contributed by atoms with Gasteiger partial charge in [0.05, 0.1) is 6.20 Å². The summed E-state index contributed by atoms with van der Waals surface area (Å²) in [4.78, 5) is 17.7. The lowest BCUT2D eigenvalue weighted by Crippen LogP contribution is -2.05. The highest BCUT2D eigenvalue weighted by Crippen LogP contribution is 2.38. The number of hydrogen-bond acceptors (Lipinski definition) is 7. The summed E-state index contributed by atoms with van der Waals surface area (Å²) < 4.78 is 18.4. The Kier molecular flexibility index (Phi) is 7.54. The number of halogens is 2. The first-order valence-corrected chi connectivity index (χ1v) is 7.58. The first-order valence-electron chi connectivity index (χ1n) is 7.20. The fraction of sp³-hybridized carbons (Fsp3) is 0.200. The molecule has 0 fully saturated rings. The van der Waals surface area contributed by atoms with Crippen molar-refractivity contribution < 1.29 is 14.1 Å². The summed E-state index contributed by atoms with van der Waals surface area (Å²) in [7, 11) is 1.46. The van der Waals surface area contributed by atoms with Crippen LogP contribution in [0.15, 0.2) is 30.7 Å². The molecule has 2 aromatic heterocycles. The number of nitro groups is 1. The maximum absolute atomic E-state index is 12.9. The maximum Gasteiger partial charge on any atom is 0.388 e. The second-order valence-electron chi connectivity index (χ2n) is 4.14. The van der Waals surface area contributed by atoms with E-state index >= 15 is 0 Å². The van der Waals surface area contributed by atoms with Crippen LogP contribution in [0.5, 0.6) is 5.75 Å². The highest BCUT2D eigenvalue weighted by Gasteiger charge is 2.23. The molecule has 0 aliphatic carbocycles. The molecule has 134 valence electrons. The number of nitrogens with two attached hydrogens (primary N) is 1. The van der Waals surface area contributed by atoms with Crippen molar-refractivity contribution in [2.75, 3.05) is 12.4 Å². The summed E-state index contributed by atoms with van der Waals surface area (Å²) >= 11 is 6.09. The Morgan fingerprint density at radius 3 is 2.56 bits per heavy atom. The van der Waals surface area contributed by atoms with Gasteiger partial charge in [-0.05, 0) is 22.0 Å². The minimum Gasteiger partial charge on any atom is -0.448 e. The Balaban J connectivity index is 0.00000151. The van der Waals surface area contributed by atoms with E-state index in [1.165, 1.54) is 19.2 Å². The summed E-state index contributed by atoms with van der Waals surface area (Å²) in [6.45, 7) is 4.00. The first-order chi connectivity index (χ1) is 12.0. The zero-order chi connectivity index (χ0) is 19.0. The summed E-state index contributed by atoms with van der Waals surface area (Å²) in [5, 5.41) is 13.4. The summed E-state index contributed by atoms with van der Waals surface area (Å²) in [5.74, 6) is -0.838. The van der Waals surface area contributed by atoms with Gasteiger partial charge < -0.3 is 25.9 Å². The molecule has 8 nitrogen and oxygen atoms in total. The standard InChI is InChI=1S/C13H11ClFN5O3.C2H6/c1-17-12-11(14)10(6-19-13(12)20(21)22)23-9(4-16)8-3-2-7(15)5-18-8;1-2/h2-6,17H,16H2,1H3;1-2H3/b9-4+;. The molecule has 0 aliphatic rings. The third-order valence-electron chi connectivity index (χ3n) is 2.74. The number of rotatable bonds is 5. The molecule has 0 aliphatic heterocycles. The van der Waals surface area contributed by atoms with Crippen molar-refractivity contribution in [3.8, 4) is 5.75 Å². The van der Waals surface area contributed by atoms with Gasteiger partial charge in [-0.15, -0.1) is 0 Å². The molecule has 0 atom stereocenters. The molecule has 10 heteroatoms. The van der Waals surface area contributed by atoms with E-state index in [-0.39, 0.29) is 27.9 Å². The molecule has 3 N–H and O–H groups in total. The number of hydrogen-bond donors (Lipinski definition) is 2. The Bertz CT molecular complexity index is 769. The molecular weight excluding hydrogens is 353 g/mol. The molecule has 25 heavy (non-hydrogen) atoms. The van der Waals surface area contributed by atoms with Crippen LogP contribution < -0.4 is 15.8 Å². The van der Waals surface area contributed by atoms with Gasteiger partial charge in [-0.2, -0.15) is 0 Å². The largest absolute Gasteiger partial charge is 0.448 e. The van der Waals surface area contributed by atoms with Crippen LogP contribution in [0, 0.1) is 15.9 Å². The topological polar surface area (TPSA) is 116 Å². The number of ether oxygens (including phenoxy) is 1. The number of anilines is 1. The number of aromatic nitrogens is 2. The maximum atomic E-state index is 12.9. The molecule has 2 rings (SSSR count). The second kappa shape index (κ2) is 9.38. The van der Waals surface area contributed by atoms with Gasteiger partial charge in [0.15, 0.2) is 23.4 Å². The molecule has 2 aromatic rings. The van der Waals surface area contributed by atoms with E-state index in [9.17, 15) is 14.5 Å². The van der Waals surface area contributed by atoms with Crippen molar-refractivity contribution in [2.45, 2.75) is 13.8 Å². The smallest absolute Gasteiger partial charge is 0.388 e. The van der Waals surface area contributed by atoms with Crippen LogP contribution in [-0.2, 0) is 0 Å². The van der Waals surface area contributed by atoms with E-state index in [0.29, 0.717) is 0 Å². The highest BCUT2D eigenvalue weighted by molar-refractivity contribution is 6.35. The van der Waals surface area contributed by atoms with Gasteiger partial charge in [0.1, 0.15) is 16.5 Å². The minimum atomic E-state index is -0.678. The van der Waals surface area contributed by atoms with Gasteiger partial charge in [-0.3, -0.25) is 0 Å². The lowest BCUT2D eigenvalue weighted by atomic mass is 10.3. The van der Waals surface area contributed by atoms with Crippen LogP contribution in [0.25, 0.3) is 5.76 Å². The average molecular weight is 370 g/mol. The summed E-state index contributed by atoms with van der Waals surface area (Å²) in [5.41, 5.74) is 5.74. The van der Waals surface area contributed by atoms with Gasteiger partial charge in [0, 0.05) is 13.2 Å². The van der Waals surface area contributed by atoms with Gasteiger partial charge in [-0.1, -0.05) is 25.4 Å². The van der Waals surface area contributed by atoms with E-state index in [2.05, 4.69) is 15.3 Å². The van der Waals surface area contributed by atoms with Crippen LogP contribution >= 0.6 is 11.6 Å². The lowest BCUT2D eigenvalue weighted by molar-refractivity contribution is -0.388. The number of nitrogens with zero attached hydrogens (tertiary/aromatic N) is 3. The van der Waals surface area contributed by atoms with Crippen LogP contribution in [0.4, 0.5) is 15.9 Å². The fourth-order valence-corrected chi connectivity index (χ4v) is 1.97. The van der Waals surface area contributed by atoms with Gasteiger partial charge in [0.25, 0.3) is 0 Å². The molecule has 0 amide bonds. The molecule has 0 aromatic carbocycles. The van der Waals surface area contributed by atoms with Gasteiger partial charge >= 0.3 is 5.82 Å². The van der Waals surface area contributed by atoms with Crippen molar-refractivity contribution >= 4 is 28.9 Å². The molecule has 0 unspecified atom stereocenters. The normalized spacial score (nSPS) is 10.5. The van der Waals surface area contributed by atoms with Crippen molar-refractivity contribution in [3.63, 3.8) is 0 Å². The van der Waals surface area contributed by atoms with E-state index in [4.69, 9.17) is 22.1 Å². The SMILES string of the molecule is CC.CNc1c([N+](=O)[O-])ncc(O/C(=C/N)c2ccc(F)cn2)c1Cl. The Hall–Kier alpha value is -2.94. The van der Waals surface area contributed by atoms with Crippen molar-refractivity contribution in [1.29, 1.82) is 0 Å². The number of pyridine rings is 2. The summed E-state index contributed by atoms with van der Waals surface area (Å²) in [6.07, 6.45) is 3.20. The quantitative estimate of drug-likeness (QED) is 0.470. The Labute approximate surface area is 148 Å². The minimum absolute atomic E-state index is 0.00222. The van der Waals surface area contributed by atoms with Crippen molar-refractivity contribution in [1.82, 2.24) is 9.97 Å². The van der Waals surface area contributed by atoms with Crippen molar-refractivity contribution in [2.24, 2.45) is 5.73 Å². The van der Waals surface area contributed by atoms with E-state index in [1.54, 1.807) is 0 Å². The second-order valence-corrected chi connectivity index (χ2v) is 4.51. The number of nitrogens with one attached hydrogen (secondary N) is 1. The predicted molar refractivity (Wildman–Crippen MR) is 93.8 cm³/mol. The van der Waals surface area contributed by atoms with Gasteiger partial charge in [0.2, 0.25) is 0 Å². The molecule has 2 heterocycles. The molecule has 0 saturated heterocycles. The lowest BCUT2D eigenvalue weighted by Gasteiger charge is -2.11. The highest BCUT2D eigenvalue weighted by atomic mass is 35.5. The zero-order valence-electron chi connectivity index (χ0n) is 13.8. The predicted octanol–water partition coefficient (Wildman–Crippen LogP) is 3.58. The van der Waals surface area contributed by atoms with Crippen LogP contribution in [0.3, 0.4) is 0 Å². The van der Waals surface area contributed by atoms with Crippen LogP contribution in [0.1, 0.15) is 19.5 Å². The Morgan fingerprint density at radius 2 is 2.08 bits per heavy atom. The molecule has 0 saturated carbocycles. The van der Waals surface area contributed by atoms with Gasteiger partial charge in [-0.25, -0.2) is 9.37 Å². The fourth-order valence-electron chi connectivity index (χ4n) is 1.71. The monoisotopic (exact) mass is 369 g/mol. The van der Waals surface area contributed by atoms with E-state index < -0.39 is 16.6 Å². The zero-order valence-corrected chi connectivity index (χ0v) is 14.5. The summed E-state index contributed by atoms with van der Waals surface area (Å²) in [6, 6.07) is 2.55. The third-order valence-corrected chi connectivity index (χ3v) is 3.11. The van der Waals surface area contributed by atoms with Crippen LogP contribution in [0.2, 0.25) is 5.02 Å². The van der Waals surface area contributed by atoms with E-state index in [1.807, 2.05) is 13.8 Å². The molecule has 0 radical (unpaired) electrons.